The minimum Gasteiger partial charge on any atom is -0.481 e. The minimum absolute atomic E-state index is 0.00679. The van der Waals surface area contributed by atoms with Gasteiger partial charge in [0.1, 0.15) is 5.82 Å². The molecule has 5 nitrogen and oxygen atoms in total. The summed E-state index contributed by atoms with van der Waals surface area (Å²) in [5.41, 5.74) is 0.500. The van der Waals surface area contributed by atoms with Crippen molar-refractivity contribution in [3.8, 4) is 0 Å². The third kappa shape index (κ3) is 3.58. The minimum atomic E-state index is -0.954. The van der Waals surface area contributed by atoms with E-state index in [1.54, 1.807) is 12.1 Å². The molecule has 1 unspecified atom stereocenters. The molecule has 2 aromatic rings. The van der Waals surface area contributed by atoms with Crippen molar-refractivity contribution in [2.75, 3.05) is 6.54 Å². The monoisotopic (exact) mass is 304 g/mol. The predicted octanol–water partition coefficient (Wildman–Crippen LogP) is 2.60. The van der Waals surface area contributed by atoms with Gasteiger partial charge in [0.25, 0.3) is 5.91 Å². The van der Waals surface area contributed by atoms with E-state index in [2.05, 4.69) is 10.3 Å². The number of hydrogen-bond donors (Lipinski definition) is 2. The molecule has 1 amide bonds. The van der Waals surface area contributed by atoms with Crippen LogP contribution >= 0.6 is 0 Å². The second-order valence-corrected chi connectivity index (χ2v) is 5.06. The maximum absolute atomic E-state index is 13.6. The van der Waals surface area contributed by atoms with E-state index in [9.17, 15) is 14.0 Å². The summed E-state index contributed by atoms with van der Waals surface area (Å²) in [7, 11) is 0. The Hall–Kier alpha value is -2.50. The zero-order chi connectivity index (χ0) is 16.1. The van der Waals surface area contributed by atoms with E-state index in [-0.39, 0.29) is 12.1 Å². The number of carboxylic acids is 1. The predicted molar refractivity (Wildman–Crippen MR) is 80.1 cm³/mol. The fourth-order valence-corrected chi connectivity index (χ4v) is 2.30. The van der Waals surface area contributed by atoms with Crippen molar-refractivity contribution in [1.29, 1.82) is 0 Å². The molecule has 0 fully saturated rings. The van der Waals surface area contributed by atoms with Crippen molar-refractivity contribution in [3.63, 3.8) is 0 Å². The van der Waals surface area contributed by atoms with Crippen molar-refractivity contribution in [3.05, 3.63) is 41.8 Å². The highest BCUT2D eigenvalue weighted by atomic mass is 19.1. The number of carboxylic acid groups (broad SMARTS) is 1. The number of pyridine rings is 1. The third-order valence-electron chi connectivity index (χ3n) is 3.41. The van der Waals surface area contributed by atoms with Gasteiger partial charge in [-0.2, -0.15) is 0 Å². The maximum Gasteiger partial charge on any atom is 0.308 e. The number of fused-ring (bicyclic) bond motifs is 1. The van der Waals surface area contributed by atoms with Crippen LogP contribution in [0.3, 0.4) is 0 Å². The molecule has 0 aliphatic rings. The first-order valence-corrected chi connectivity index (χ1v) is 7.08. The molecule has 2 N–H and O–H groups in total. The summed E-state index contributed by atoms with van der Waals surface area (Å²) in [6.07, 6.45) is 2.70. The van der Waals surface area contributed by atoms with Crippen LogP contribution < -0.4 is 5.32 Å². The van der Waals surface area contributed by atoms with E-state index in [1.165, 1.54) is 12.3 Å². The first-order valence-electron chi connectivity index (χ1n) is 7.08. The molecular weight excluding hydrogens is 287 g/mol. The van der Waals surface area contributed by atoms with Crippen molar-refractivity contribution in [2.24, 2.45) is 5.92 Å². The summed E-state index contributed by atoms with van der Waals surface area (Å²) in [6.45, 7) is 1.88. The van der Waals surface area contributed by atoms with Gasteiger partial charge in [-0.25, -0.2) is 4.39 Å². The lowest BCUT2D eigenvalue weighted by atomic mass is 10.0. The van der Waals surface area contributed by atoms with Crippen LogP contribution in [0.1, 0.15) is 30.1 Å². The zero-order valence-electron chi connectivity index (χ0n) is 12.2. The Balaban J connectivity index is 2.21. The first-order chi connectivity index (χ1) is 10.5. The Bertz CT molecular complexity index is 703. The van der Waals surface area contributed by atoms with E-state index in [1.807, 2.05) is 6.92 Å². The summed E-state index contributed by atoms with van der Waals surface area (Å²) in [5, 5.41) is 12.2. The van der Waals surface area contributed by atoms with E-state index in [4.69, 9.17) is 5.11 Å². The average Bonchev–Trinajstić information content (AvgIpc) is 2.49. The molecule has 2 rings (SSSR count). The van der Waals surface area contributed by atoms with Gasteiger partial charge in [-0.05, 0) is 24.6 Å². The normalized spacial score (nSPS) is 12.1. The smallest absolute Gasteiger partial charge is 0.308 e. The lowest BCUT2D eigenvalue weighted by Crippen LogP contribution is -2.33. The van der Waals surface area contributed by atoms with Gasteiger partial charge >= 0.3 is 5.97 Å². The molecule has 1 heterocycles. The van der Waals surface area contributed by atoms with Crippen molar-refractivity contribution >= 4 is 22.8 Å². The number of halogens is 1. The highest BCUT2D eigenvalue weighted by molar-refractivity contribution is 6.05. The van der Waals surface area contributed by atoms with Crippen LogP contribution in [-0.2, 0) is 4.79 Å². The summed E-state index contributed by atoms with van der Waals surface area (Å²) in [4.78, 5) is 27.4. The second kappa shape index (κ2) is 6.98. The van der Waals surface area contributed by atoms with Crippen molar-refractivity contribution in [1.82, 2.24) is 10.3 Å². The first kappa shape index (κ1) is 15.9. The fraction of sp³-hybridized carbons (Fsp3) is 0.312. The maximum atomic E-state index is 13.6. The van der Waals surface area contributed by atoms with Crippen LogP contribution in [0.4, 0.5) is 4.39 Å². The number of aliphatic carboxylic acids is 1. The summed E-state index contributed by atoms with van der Waals surface area (Å²) < 4.78 is 13.6. The largest absolute Gasteiger partial charge is 0.481 e. The van der Waals surface area contributed by atoms with Crippen LogP contribution in [0.2, 0.25) is 0 Å². The molecule has 0 radical (unpaired) electrons. The van der Waals surface area contributed by atoms with Crippen LogP contribution in [0.5, 0.6) is 0 Å². The number of rotatable bonds is 6. The molecule has 1 atom stereocenters. The quantitative estimate of drug-likeness (QED) is 0.859. The number of nitrogens with zero attached hydrogens (tertiary/aromatic N) is 1. The van der Waals surface area contributed by atoms with E-state index < -0.39 is 23.6 Å². The SMILES string of the molecule is CCCC(CNC(=O)c1cc(F)cc2cccnc12)C(=O)O. The third-order valence-corrected chi connectivity index (χ3v) is 3.41. The Kier molecular flexibility index (Phi) is 5.04. The standard InChI is InChI=1S/C16H17FN2O3/c1-2-4-11(16(21)22)9-19-15(20)13-8-12(17)7-10-5-3-6-18-14(10)13/h3,5-8,11H,2,4,9H2,1H3,(H,19,20)(H,21,22). The number of nitrogens with one attached hydrogen (secondary N) is 1. The van der Waals surface area contributed by atoms with Crippen molar-refractivity contribution < 1.29 is 19.1 Å². The molecule has 0 aliphatic heterocycles. The number of hydrogen-bond acceptors (Lipinski definition) is 3. The van der Waals surface area contributed by atoms with Gasteiger partial charge in [0.05, 0.1) is 17.0 Å². The lowest BCUT2D eigenvalue weighted by molar-refractivity contribution is -0.141. The molecule has 0 spiro atoms. The fourth-order valence-electron chi connectivity index (χ4n) is 2.30. The Morgan fingerprint density at radius 3 is 2.86 bits per heavy atom. The molecular formula is C16H17FN2O3. The topological polar surface area (TPSA) is 79.3 Å². The number of amides is 1. The Labute approximate surface area is 127 Å². The van der Waals surface area contributed by atoms with Gasteiger partial charge in [0, 0.05) is 18.1 Å². The van der Waals surface area contributed by atoms with Gasteiger partial charge in [0.2, 0.25) is 0 Å². The number of benzene rings is 1. The van der Waals surface area contributed by atoms with E-state index in [0.717, 1.165) is 6.07 Å². The van der Waals surface area contributed by atoms with Gasteiger partial charge in [-0.1, -0.05) is 19.4 Å². The highest BCUT2D eigenvalue weighted by Gasteiger charge is 2.19. The molecule has 0 saturated heterocycles. The number of carbonyl (C=O) groups excluding carboxylic acids is 1. The Morgan fingerprint density at radius 1 is 1.41 bits per heavy atom. The second-order valence-electron chi connectivity index (χ2n) is 5.06. The molecule has 116 valence electrons. The Morgan fingerprint density at radius 2 is 2.18 bits per heavy atom. The average molecular weight is 304 g/mol. The molecule has 1 aromatic heterocycles. The molecule has 0 aliphatic carbocycles. The van der Waals surface area contributed by atoms with E-state index in [0.29, 0.717) is 23.7 Å². The van der Waals surface area contributed by atoms with Crippen LogP contribution in [0, 0.1) is 11.7 Å². The molecule has 6 heteroatoms. The van der Waals surface area contributed by atoms with Crippen LogP contribution in [0.25, 0.3) is 10.9 Å². The summed E-state index contributed by atoms with van der Waals surface area (Å²) >= 11 is 0. The zero-order valence-corrected chi connectivity index (χ0v) is 12.2. The van der Waals surface area contributed by atoms with E-state index >= 15 is 0 Å². The van der Waals surface area contributed by atoms with Crippen LogP contribution in [-0.4, -0.2) is 28.5 Å². The lowest BCUT2D eigenvalue weighted by Gasteiger charge is -2.13. The highest BCUT2D eigenvalue weighted by Crippen LogP contribution is 2.18. The molecule has 0 bridgehead atoms. The van der Waals surface area contributed by atoms with Gasteiger partial charge in [-0.15, -0.1) is 0 Å². The van der Waals surface area contributed by atoms with Gasteiger partial charge in [0.15, 0.2) is 0 Å². The van der Waals surface area contributed by atoms with Crippen molar-refractivity contribution in [2.45, 2.75) is 19.8 Å². The summed E-state index contributed by atoms with van der Waals surface area (Å²) in [6, 6.07) is 5.74. The van der Waals surface area contributed by atoms with Gasteiger partial charge < -0.3 is 10.4 Å². The molecule has 22 heavy (non-hydrogen) atoms. The summed E-state index contributed by atoms with van der Waals surface area (Å²) in [5.74, 6) is -2.66. The molecule has 0 saturated carbocycles. The van der Waals surface area contributed by atoms with Crippen LogP contribution in [0.15, 0.2) is 30.5 Å². The van der Waals surface area contributed by atoms with Gasteiger partial charge in [-0.3, -0.25) is 14.6 Å². The number of aromatic nitrogens is 1. The molecule has 1 aromatic carbocycles. The number of carbonyl (C=O) groups is 2.